The van der Waals surface area contributed by atoms with Crippen LogP contribution in [0.5, 0.6) is 0 Å². The number of carbonyl (C=O) groups is 1. The molecule has 0 radical (unpaired) electrons. The van der Waals surface area contributed by atoms with E-state index < -0.39 is 0 Å². The summed E-state index contributed by atoms with van der Waals surface area (Å²) in [6, 6.07) is 11.9. The number of thiophene rings is 1. The van der Waals surface area contributed by atoms with Gasteiger partial charge in [-0.3, -0.25) is 4.90 Å². The molecule has 1 N–H and O–H groups in total. The highest BCUT2D eigenvalue weighted by Gasteiger charge is 2.15. The molecule has 30 heavy (non-hydrogen) atoms. The maximum absolute atomic E-state index is 12.7. The molecule has 2 amide bonds. The fourth-order valence-electron chi connectivity index (χ4n) is 3.70. The standard InChI is InChI=1S/C22H27ClN4O2S/c1-2-26(16-19-4-6-21(23)30-19)22(28)24-18-3-5-20-17(15-18)7-8-27(20)10-9-25-11-13-29-14-12-25/h3-8,15H,2,9-14,16H2,1H3,(H,24,28). The number of hydrogen-bond donors (Lipinski definition) is 1. The van der Waals surface area contributed by atoms with E-state index in [2.05, 4.69) is 33.1 Å². The second-order valence-electron chi connectivity index (χ2n) is 7.39. The Kier molecular flexibility index (Phi) is 6.94. The predicted octanol–water partition coefficient (Wildman–Crippen LogP) is 4.74. The van der Waals surface area contributed by atoms with Crippen molar-refractivity contribution in [3.63, 3.8) is 0 Å². The first-order valence-electron chi connectivity index (χ1n) is 10.3. The number of urea groups is 1. The lowest BCUT2D eigenvalue weighted by molar-refractivity contribution is 0.0365. The summed E-state index contributed by atoms with van der Waals surface area (Å²) < 4.78 is 8.43. The van der Waals surface area contributed by atoms with Crippen molar-refractivity contribution >= 4 is 45.6 Å². The van der Waals surface area contributed by atoms with E-state index in [-0.39, 0.29) is 6.03 Å². The van der Waals surface area contributed by atoms with Crippen molar-refractivity contribution in [3.8, 4) is 0 Å². The van der Waals surface area contributed by atoms with E-state index in [9.17, 15) is 4.79 Å². The molecule has 3 heterocycles. The Bertz CT molecular complexity index is 996. The van der Waals surface area contributed by atoms with Gasteiger partial charge < -0.3 is 19.5 Å². The number of nitrogens with one attached hydrogen (secondary N) is 1. The van der Waals surface area contributed by atoms with Crippen molar-refractivity contribution in [2.45, 2.75) is 20.0 Å². The van der Waals surface area contributed by atoms with Crippen molar-refractivity contribution in [1.82, 2.24) is 14.4 Å². The van der Waals surface area contributed by atoms with E-state index in [1.807, 2.05) is 31.2 Å². The largest absolute Gasteiger partial charge is 0.379 e. The Labute approximate surface area is 186 Å². The van der Waals surface area contributed by atoms with Crippen molar-refractivity contribution in [2.24, 2.45) is 0 Å². The Hall–Kier alpha value is -2.06. The highest BCUT2D eigenvalue weighted by Crippen LogP contribution is 2.24. The first kappa shape index (κ1) is 21.2. The summed E-state index contributed by atoms with van der Waals surface area (Å²) in [5, 5.41) is 4.16. The average molecular weight is 447 g/mol. The Morgan fingerprint density at radius 1 is 1.20 bits per heavy atom. The number of ether oxygens (including phenoxy) is 1. The van der Waals surface area contributed by atoms with Crippen LogP contribution in [0.3, 0.4) is 0 Å². The van der Waals surface area contributed by atoms with Gasteiger partial charge in [0.2, 0.25) is 0 Å². The summed E-state index contributed by atoms with van der Waals surface area (Å²) in [5.41, 5.74) is 1.99. The van der Waals surface area contributed by atoms with Crippen LogP contribution in [0.15, 0.2) is 42.6 Å². The number of carbonyl (C=O) groups excluding carboxylic acids is 1. The van der Waals surface area contributed by atoms with Crippen molar-refractivity contribution < 1.29 is 9.53 Å². The summed E-state index contributed by atoms with van der Waals surface area (Å²) in [7, 11) is 0. The van der Waals surface area contributed by atoms with E-state index in [1.165, 1.54) is 16.9 Å². The summed E-state index contributed by atoms with van der Waals surface area (Å²) in [6.45, 7) is 8.77. The molecule has 0 aliphatic carbocycles. The second kappa shape index (κ2) is 9.83. The van der Waals surface area contributed by atoms with Gasteiger partial charge in [0.1, 0.15) is 0 Å². The zero-order valence-electron chi connectivity index (χ0n) is 17.1. The minimum absolute atomic E-state index is 0.104. The topological polar surface area (TPSA) is 49.7 Å². The molecular formula is C22H27ClN4O2S. The van der Waals surface area contributed by atoms with Gasteiger partial charge >= 0.3 is 6.03 Å². The lowest BCUT2D eigenvalue weighted by atomic mass is 10.2. The molecule has 6 nitrogen and oxygen atoms in total. The van der Waals surface area contributed by atoms with Crippen LogP contribution in [0.4, 0.5) is 10.5 Å². The van der Waals surface area contributed by atoms with Crippen molar-refractivity contribution in [1.29, 1.82) is 0 Å². The third-order valence-corrected chi connectivity index (χ3v) is 6.64. The van der Waals surface area contributed by atoms with Gasteiger partial charge in [-0.2, -0.15) is 0 Å². The van der Waals surface area contributed by atoms with Crippen LogP contribution in [-0.4, -0.2) is 59.8 Å². The maximum atomic E-state index is 12.7. The molecule has 0 saturated carbocycles. The quantitative estimate of drug-likeness (QED) is 0.570. The molecule has 1 aliphatic heterocycles. The van der Waals surface area contributed by atoms with Gasteiger partial charge in [0.25, 0.3) is 0 Å². The van der Waals surface area contributed by atoms with Crippen LogP contribution < -0.4 is 5.32 Å². The molecule has 160 valence electrons. The molecule has 0 unspecified atom stereocenters. The molecular weight excluding hydrogens is 420 g/mol. The first-order chi connectivity index (χ1) is 14.6. The van der Waals surface area contributed by atoms with Crippen LogP contribution >= 0.6 is 22.9 Å². The van der Waals surface area contributed by atoms with Gasteiger partial charge in [0.05, 0.1) is 24.1 Å². The van der Waals surface area contributed by atoms with Crippen molar-refractivity contribution in [2.75, 3.05) is 44.7 Å². The van der Waals surface area contributed by atoms with E-state index in [0.717, 1.165) is 59.7 Å². The summed E-state index contributed by atoms with van der Waals surface area (Å²) >= 11 is 7.51. The van der Waals surface area contributed by atoms with E-state index in [1.54, 1.807) is 4.90 Å². The van der Waals surface area contributed by atoms with Gasteiger partial charge in [0, 0.05) is 60.4 Å². The summed E-state index contributed by atoms with van der Waals surface area (Å²) in [4.78, 5) is 18.0. The van der Waals surface area contributed by atoms with Crippen molar-refractivity contribution in [3.05, 3.63) is 51.8 Å². The predicted molar refractivity (Wildman–Crippen MR) is 124 cm³/mol. The molecule has 1 saturated heterocycles. The molecule has 8 heteroatoms. The van der Waals surface area contributed by atoms with Gasteiger partial charge in [0.15, 0.2) is 0 Å². The highest BCUT2D eigenvalue weighted by atomic mass is 35.5. The van der Waals surface area contributed by atoms with Crippen LogP contribution in [0.2, 0.25) is 4.34 Å². The molecule has 0 spiro atoms. The number of hydrogen-bond acceptors (Lipinski definition) is 4. The summed E-state index contributed by atoms with van der Waals surface area (Å²) in [6.07, 6.45) is 2.12. The molecule has 0 atom stereocenters. The number of rotatable bonds is 7. The molecule has 3 aromatic rings. The molecule has 4 rings (SSSR count). The second-order valence-corrected chi connectivity index (χ2v) is 9.19. The highest BCUT2D eigenvalue weighted by molar-refractivity contribution is 7.16. The maximum Gasteiger partial charge on any atom is 0.322 e. The zero-order valence-corrected chi connectivity index (χ0v) is 18.7. The minimum atomic E-state index is -0.104. The zero-order chi connectivity index (χ0) is 20.9. The average Bonchev–Trinajstić information content (AvgIpc) is 3.36. The van der Waals surface area contributed by atoms with Crippen LogP contribution in [-0.2, 0) is 17.8 Å². The van der Waals surface area contributed by atoms with Gasteiger partial charge in [-0.15, -0.1) is 11.3 Å². The number of morpholine rings is 1. The summed E-state index contributed by atoms with van der Waals surface area (Å²) in [5.74, 6) is 0. The van der Waals surface area contributed by atoms with Gasteiger partial charge in [-0.1, -0.05) is 11.6 Å². The monoisotopic (exact) mass is 446 g/mol. The molecule has 1 aliphatic rings. The lowest BCUT2D eigenvalue weighted by Crippen LogP contribution is -2.38. The normalized spacial score (nSPS) is 14.9. The number of anilines is 1. The van der Waals surface area contributed by atoms with Crippen LogP contribution in [0.1, 0.15) is 11.8 Å². The van der Waals surface area contributed by atoms with E-state index in [4.69, 9.17) is 16.3 Å². The Morgan fingerprint density at radius 2 is 2.03 bits per heavy atom. The number of halogens is 1. The molecule has 0 bridgehead atoms. The van der Waals surface area contributed by atoms with Gasteiger partial charge in [-0.25, -0.2) is 4.79 Å². The number of nitrogens with zero attached hydrogens (tertiary/aromatic N) is 3. The Balaban J connectivity index is 1.38. The van der Waals surface area contributed by atoms with Gasteiger partial charge in [-0.05, 0) is 43.3 Å². The number of fused-ring (bicyclic) bond motifs is 1. The fourth-order valence-corrected chi connectivity index (χ4v) is 4.80. The van der Waals surface area contributed by atoms with E-state index in [0.29, 0.717) is 13.1 Å². The smallest absolute Gasteiger partial charge is 0.322 e. The Morgan fingerprint density at radius 3 is 2.77 bits per heavy atom. The fraction of sp³-hybridized carbons (Fsp3) is 0.409. The third kappa shape index (κ3) is 5.16. The molecule has 1 aromatic carbocycles. The molecule has 2 aromatic heterocycles. The minimum Gasteiger partial charge on any atom is -0.379 e. The SMILES string of the molecule is CCN(Cc1ccc(Cl)s1)C(=O)Nc1ccc2c(ccn2CCN2CCOCC2)c1. The van der Waals surface area contributed by atoms with Crippen LogP contribution in [0, 0.1) is 0 Å². The number of aromatic nitrogens is 1. The first-order valence-corrected chi connectivity index (χ1v) is 11.5. The number of benzene rings is 1. The third-order valence-electron chi connectivity index (χ3n) is 5.43. The lowest BCUT2D eigenvalue weighted by Gasteiger charge is -2.26. The number of amides is 2. The van der Waals surface area contributed by atoms with E-state index >= 15 is 0 Å². The van der Waals surface area contributed by atoms with Crippen LogP contribution in [0.25, 0.3) is 10.9 Å². The molecule has 1 fully saturated rings.